The molecule has 0 fully saturated rings. The second kappa shape index (κ2) is 7.04. The van der Waals surface area contributed by atoms with Crippen molar-refractivity contribution in [3.8, 4) is 11.1 Å². The third-order valence-corrected chi connectivity index (χ3v) is 3.12. The average Bonchev–Trinajstić information content (AvgIpc) is 2.55. The van der Waals surface area contributed by atoms with Crippen LogP contribution in [0, 0.1) is 0 Å². The lowest BCUT2D eigenvalue weighted by atomic mass is 10.0. The number of aliphatic hydroxyl groups is 2. The molecule has 0 saturated heterocycles. The normalized spacial score (nSPS) is 11.1. The van der Waals surface area contributed by atoms with Crippen LogP contribution in [0.5, 0.6) is 0 Å². The highest BCUT2D eigenvalue weighted by Crippen LogP contribution is 2.21. The molecule has 0 spiro atoms. The van der Waals surface area contributed by atoms with Crippen LogP contribution in [0.25, 0.3) is 11.1 Å². The van der Waals surface area contributed by atoms with Crippen LogP contribution >= 0.6 is 0 Å². The van der Waals surface area contributed by atoms with E-state index in [-0.39, 0.29) is 11.6 Å². The SMILES string of the molecule is O=C(/C=C\O)c1ccc(-c2ccc(C(=O)/C=C\O)cc2)cc1. The van der Waals surface area contributed by atoms with Gasteiger partial charge in [0, 0.05) is 23.3 Å². The molecule has 4 nitrogen and oxygen atoms in total. The highest BCUT2D eigenvalue weighted by Gasteiger charge is 2.05. The molecule has 0 atom stereocenters. The van der Waals surface area contributed by atoms with E-state index in [4.69, 9.17) is 10.2 Å². The minimum absolute atomic E-state index is 0.272. The maximum atomic E-state index is 11.6. The molecule has 0 aliphatic heterocycles. The summed E-state index contributed by atoms with van der Waals surface area (Å²) >= 11 is 0. The minimum atomic E-state index is -0.272. The van der Waals surface area contributed by atoms with E-state index in [2.05, 4.69) is 0 Å². The average molecular weight is 294 g/mol. The fraction of sp³-hybridized carbons (Fsp3) is 0. The van der Waals surface area contributed by atoms with Crippen molar-refractivity contribution in [1.29, 1.82) is 0 Å². The van der Waals surface area contributed by atoms with Gasteiger partial charge in [0.2, 0.25) is 0 Å². The van der Waals surface area contributed by atoms with Crippen molar-refractivity contribution < 1.29 is 19.8 Å². The zero-order valence-electron chi connectivity index (χ0n) is 11.6. The first kappa shape index (κ1) is 15.3. The van der Waals surface area contributed by atoms with E-state index in [9.17, 15) is 9.59 Å². The van der Waals surface area contributed by atoms with Gasteiger partial charge in [0.05, 0.1) is 12.5 Å². The van der Waals surface area contributed by atoms with Crippen LogP contribution in [0.1, 0.15) is 20.7 Å². The highest BCUT2D eigenvalue weighted by molar-refractivity contribution is 6.05. The third kappa shape index (κ3) is 3.49. The van der Waals surface area contributed by atoms with Gasteiger partial charge in [-0.25, -0.2) is 0 Å². The quantitative estimate of drug-likeness (QED) is 0.499. The lowest BCUT2D eigenvalue weighted by molar-refractivity contribution is 0.103. The lowest BCUT2D eigenvalue weighted by Gasteiger charge is -2.04. The molecule has 0 radical (unpaired) electrons. The van der Waals surface area contributed by atoms with Crippen LogP contribution in [-0.2, 0) is 0 Å². The molecule has 0 aromatic heterocycles. The third-order valence-electron chi connectivity index (χ3n) is 3.12. The first-order valence-electron chi connectivity index (χ1n) is 6.56. The summed E-state index contributed by atoms with van der Waals surface area (Å²) in [4.78, 5) is 23.1. The first-order chi connectivity index (χ1) is 10.7. The summed E-state index contributed by atoms with van der Waals surface area (Å²) in [7, 11) is 0. The van der Waals surface area contributed by atoms with Crippen molar-refractivity contribution in [2.45, 2.75) is 0 Å². The summed E-state index contributed by atoms with van der Waals surface area (Å²) in [6, 6.07) is 13.9. The molecule has 0 aliphatic rings. The van der Waals surface area contributed by atoms with Crippen LogP contribution in [0.2, 0.25) is 0 Å². The van der Waals surface area contributed by atoms with Gasteiger partial charge in [0.1, 0.15) is 0 Å². The zero-order chi connectivity index (χ0) is 15.9. The monoisotopic (exact) mass is 294 g/mol. The number of rotatable bonds is 5. The topological polar surface area (TPSA) is 74.6 Å². The summed E-state index contributed by atoms with van der Waals surface area (Å²) in [5.41, 5.74) is 2.77. The summed E-state index contributed by atoms with van der Waals surface area (Å²) < 4.78 is 0. The molecule has 0 bridgehead atoms. The summed E-state index contributed by atoms with van der Waals surface area (Å²) in [6.07, 6.45) is 3.60. The molecule has 22 heavy (non-hydrogen) atoms. The number of ketones is 2. The van der Waals surface area contributed by atoms with Crippen LogP contribution in [-0.4, -0.2) is 21.8 Å². The van der Waals surface area contributed by atoms with Gasteiger partial charge in [-0.2, -0.15) is 0 Å². The number of carbonyl (C=O) groups excluding carboxylic acids is 2. The molecule has 2 rings (SSSR count). The first-order valence-corrected chi connectivity index (χ1v) is 6.56. The van der Waals surface area contributed by atoms with Gasteiger partial charge in [-0.05, 0) is 11.1 Å². The predicted molar refractivity (Wildman–Crippen MR) is 84.1 cm³/mol. The number of hydrogen-bond acceptors (Lipinski definition) is 4. The molecule has 4 heteroatoms. The molecular formula is C18H14O4. The van der Waals surface area contributed by atoms with E-state index in [1.54, 1.807) is 48.5 Å². The second-order valence-electron chi connectivity index (χ2n) is 4.51. The lowest BCUT2D eigenvalue weighted by Crippen LogP contribution is -1.95. The van der Waals surface area contributed by atoms with E-state index >= 15 is 0 Å². The Labute approximate surface area is 127 Å². The Morgan fingerprint density at radius 2 is 0.955 bits per heavy atom. The van der Waals surface area contributed by atoms with E-state index in [0.717, 1.165) is 23.3 Å². The van der Waals surface area contributed by atoms with Crippen molar-refractivity contribution in [3.63, 3.8) is 0 Å². The number of allylic oxidation sites excluding steroid dienone is 2. The fourth-order valence-corrected chi connectivity index (χ4v) is 1.98. The largest absolute Gasteiger partial charge is 0.515 e. The van der Waals surface area contributed by atoms with Gasteiger partial charge in [-0.15, -0.1) is 0 Å². The van der Waals surface area contributed by atoms with Crippen molar-refractivity contribution >= 4 is 11.6 Å². The smallest absolute Gasteiger partial charge is 0.188 e. The Bertz CT molecular complexity index is 657. The molecule has 2 aromatic carbocycles. The molecular weight excluding hydrogens is 280 g/mol. The number of carbonyl (C=O) groups is 2. The Balaban J connectivity index is 2.22. The molecule has 0 unspecified atom stereocenters. The van der Waals surface area contributed by atoms with Gasteiger partial charge >= 0.3 is 0 Å². The van der Waals surface area contributed by atoms with E-state index in [0.29, 0.717) is 23.7 Å². The predicted octanol–water partition coefficient (Wildman–Crippen LogP) is 3.86. The van der Waals surface area contributed by atoms with Gasteiger partial charge in [-0.1, -0.05) is 48.5 Å². The van der Waals surface area contributed by atoms with Crippen LogP contribution < -0.4 is 0 Å². The summed E-state index contributed by atoms with van der Waals surface area (Å²) in [6.45, 7) is 0. The van der Waals surface area contributed by atoms with Gasteiger partial charge in [0.15, 0.2) is 11.6 Å². The highest BCUT2D eigenvalue weighted by atomic mass is 16.2. The second-order valence-corrected chi connectivity index (χ2v) is 4.51. The summed E-state index contributed by atoms with van der Waals surface area (Å²) in [5, 5.41) is 17.2. The molecule has 110 valence electrons. The van der Waals surface area contributed by atoms with Gasteiger partial charge in [0.25, 0.3) is 0 Å². The maximum Gasteiger partial charge on any atom is 0.188 e. The molecule has 0 amide bonds. The molecule has 2 N–H and O–H groups in total. The van der Waals surface area contributed by atoms with Crippen molar-refractivity contribution in [2.24, 2.45) is 0 Å². The zero-order valence-corrected chi connectivity index (χ0v) is 11.6. The fourth-order valence-electron chi connectivity index (χ4n) is 1.98. The van der Waals surface area contributed by atoms with Crippen LogP contribution in [0.4, 0.5) is 0 Å². The Morgan fingerprint density at radius 1 is 0.636 bits per heavy atom. The Morgan fingerprint density at radius 3 is 1.23 bits per heavy atom. The van der Waals surface area contributed by atoms with Gasteiger partial charge < -0.3 is 10.2 Å². The molecule has 0 heterocycles. The van der Waals surface area contributed by atoms with Crippen molar-refractivity contribution in [3.05, 3.63) is 84.3 Å². The number of aliphatic hydroxyl groups excluding tert-OH is 2. The number of hydrogen-bond donors (Lipinski definition) is 2. The van der Waals surface area contributed by atoms with E-state index < -0.39 is 0 Å². The molecule has 0 saturated carbocycles. The Hall–Kier alpha value is -3.14. The minimum Gasteiger partial charge on any atom is -0.515 e. The van der Waals surface area contributed by atoms with Gasteiger partial charge in [-0.3, -0.25) is 9.59 Å². The van der Waals surface area contributed by atoms with E-state index in [1.807, 2.05) is 0 Å². The van der Waals surface area contributed by atoms with Crippen LogP contribution in [0.3, 0.4) is 0 Å². The van der Waals surface area contributed by atoms with Crippen LogP contribution in [0.15, 0.2) is 73.2 Å². The van der Waals surface area contributed by atoms with E-state index in [1.165, 1.54) is 0 Å². The maximum absolute atomic E-state index is 11.6. The summed E-state index contributed by atoms with van der Waals surface area (Å²) in [5.74, 6) is -0.545. The van der Waals surface area contributed by atoms with Crippen molar-refractivity contribution in [1.82, 2.24) is 0 Å². The molecule has 2 aromatic rings. The molecule has 0 aliphatic carbocycles. The standard InChI is InChI=1S/C18H14O4/c19-11-9-17(21)15-5-1-13(2-6-15)14-3-7-16(8-4-14)18(22)10-12-20/h1-12,19-20H/b11-9-,12-10-. The van der Waals surface area contributed by atoms with Crippen molar-refractivity contribution in [2.75, 3.05) is 0 Å². The number of benzene rings is 2. The Kier molecular flexibility index (Phi) is 4.88.